The van der Waals surface area contributed by atoms with Crippen molar-refractivity contribution in [3.8, 4) is 0 Å². The summed E-state index contributed by atoms with van der Waals surface area (Å²) >= 11 is 3.15. The Hall–Kier alpha value is -1.10. The molecule has 0 N–H and O–H groups in total. The van der Waals surface area contributed by atoms with E-state index in [2.05, 4.69) is 22.5 Å². The predicted molar refractivity (Wildman–Crippen MR) is 66.4 cm³/mol. The van der Waals surface area contributed by atoms with Crippen LogP contribution in [0.5, 0.6) is 0 Å². The number of cyclic esters (lactones) is 1. The topological polar surface area (TPSA) is 52.6 Å². The first-order valence-electron chi connectivity index (χ1n) is 5.43. The molecule has 0 aromatic carbocycles. The normalized spacial score (nSPS) is 24.4. The highest BCUT2D eigenvalue weighted by Gasteiger charge is 2.33. The van der Waals surface area contributed by atoms with Gasteiger partial charge >= 0.3 is 11.9 Å². The molecule has 1 saturated heterocycles. The van der Waals surface area contributed by atoms with Crippen LogP contribution in [0.3, 0.4) is 0 Å². The van der Waals surface area contributed by atoms with Gasteiger partial charge in [0.05, 0.1) is 17.5 Å². The molecular formula is C12H15BrO4. The van der Waals surface area contributed by atoms with Gasteiger partial charge in [-0.05, 0) is 22.9 Å². The highest BCUT2D eigenvalue weighted by molar-refractivity contribution is 9.12. The number of ether oxygens (including phenoxy) is 2. The molecule has 0 saturated carbocycles. The molecule has 0 bridgehead atoms. The molecule has 1 aliphatic heterocycles. The van der Waals surface area contributed by atoms with Crippen molar-refractivity contribution in [2.75, 3.05) is 6.61 Å². The average molecular weight is 303 g/mol. The minimum atomic E-state index is -0.427. The van der Waals surface area contributed by atoms with Crippen LogP contribution in [0.4, 0.5) is 0 Å². The molecule has 2 atom stereocenters. The van der Waals surface area contributed by atoms with Crippen molar-refractivity contribution in [2.45, 2.75) is 25.9 Å². The first kappa shape index (κ1) is 14.0. The Kier molecular flexibility index (Phi) is 5.41. The minimum absolute atomic E-state index is 0.112. The molecule has 0 aromatic heterocycles. The third-order valence-electron chi connectivity index (χ3n) is 2.39. The lowest BCUT2D eigenvalue weighted by Crippen LogP contribution is -2.14. The van der Waals surface area contributed by atoms with Gasteiger partial charge in [-0.25, -0.2) is 4.79 Å². The molecule has 5 heteroatoms. The number of halogens is 1. The Morgan fingerprint density at radius 2 is 2.41 bits per heavy atom. The minimum Gasteiger partial charge on any atom is -0.462 e. The fourth-order valence-electron chi connectivity index (χ4n) is 1.64. The number of carbonyl (C=O) groups is 2. The zero-order valence-electron chi connectivity index (χ0n) is 9.65. The largest absolute Gasteiger partial charge is 0.462 e. The molecule has 0 aromatic rings. The summed E-state index contributed by atoms with van der Waals surface area (Å²) in [5.41, 5.74) is 0. The lowest BCUT2D eigenvalue weighted by molar-refractivity contribution is -0.141. The van der Waals surface area contributed by atoms with Crippen LogP contribution < -0.4 is 0 Å². The van der Waals surface area contributed by atoms with Gasteiger partial charge in [0.2, 0.25) is 0 Å². The van der Waals surface area contributed by atoms with Crippen molar-refractivity contribution in [1.29, 1.82) is 0 Å². The highest BCUT2D eigenvalue weighted by Crippen LogP contribution is 2.28. The fraction of sp³-hybridized carbons (Fsp3) is 0.500. The smallest absolute Gasteiger partial charge is 0.344 e. The van der Waals surface area contributed by atoms with Crippen LogP contribution in [-0.2, 0) is 19.1 Å². The summed E-state index contributed by atoms with van der Waals surface area (Å²) < 4.78 is 10.3. The number of esters is 2. The summed E-state index contributed by atoms with van der Waals surface area (Å²) in [6.07, 6.45) is 4.00. The number of hydrogen-bond donors (Lipinski definition) is 0. The van der Waals surface area contributed by atoms with E-state index in [1.54, 1.807) is 19.1 Å². The van der Waals surface area contributed by atoms with Crippen LogP contribution in [0.2, 0.25) is 0 Å². The monoisotopic (exact) mass is 302 g/mol. The van der Waals surface area contributed by atoms with Crippen LogP contribution in [-0.4, -0.2) is 24.6 Å². The van der Waals surface area contributed by atoms with E-state index < -0.39 is 5.97 Å². The molecule has 0 radical (unpaired) electrons. The van der Waals surface area contributed by atoms with Gasteiger partial charge in [-0.3, -0.25) is 4.79 Å². The van der Waals surface area contributed by atoms with E-state index in [4.69, 9.17) is 9.47 Å². The van der Waals surface area contributed by atoms with Crippen LogP contribution in [0, 0.1) is 5.92 Å². The SMILES string of the molecule is C=CC[C@@H]1OC(=O)C[C@H]1/C=C(\Br)C(=O)OCC. The third kappa shape index (κ3) is 4.00. The molecule has 0 unspecified atom stereocenters. The Balaban J connectivity index is 2.70. The molecule has 0 amide bonds. The van der Waals surface area contributed by atoms with Crippen molar-refractivity contribution < 1.29 is 19.1 Å². The van der Waals surface area contributed by atoms with Gasteiger partial charge in [0.15, 0.2) is 0 Å². The zero-order chi connectivity index (χ0) is 12.8. The molecule has 1 aliphatic rings. The van der Waals surface area contributed by atoms with Crippen LogP contribution in [0.25, 0.3) is 0 Å². The second-order valence-electron chi connectivity index (χ2n) is 3.66. The maximum Gasteiger partial charge on any atom is 0.344 e. The summed E-state index contributed by atoms with van der Waals surface area (Å²) in [7, 11) is 0. The molecule has 1 fully saturated rings. The molecule has 1 heterocycles. The van der Waals surface area contributed by atoms with Gasteiger partial charge < -0.3 is 9.47 Å². The van der Waals surface area contributed by atoms with E-state index in [0.29, 0.717) is 17.5 Å². The molecule has 4 nitrogen and oxygen atoms in total. The second kappa shape index (κ2) is 6.59. The molecule has 17 heavy (non-hydrogen) atoms. The van der Waals surface area contributed by atoms with Crippen molar-refractivity contribution in [1.82, 2.24) is 0 Å². The van der Waals surface area contributed by atoms with Crippen molar-refractivity contribution in [3.05, 3.63) is 23.2 Å². The highest BCUT2D eigenvalue weighted by atomic mass is 79.9. The van der Waals surface area contributed by atoms with Gasteiger partial charge in [0.1, 0.15) is 6.10 Å². The van der Waals surface area contributed by atoms with E-state index >= 15 is 0 Å². The summed E-state index contributed by atoms with van der Waals surface area (Å²) in [4.78, 5) is 22.6. The Morgan fingerprint density at radius 1 is 1.71 bits per heavy atom. The lowest BCUT2D eigenvalue weighted by Gasteiger charge is -2.12. The first-order chi connectivity index (χ1) is 8.08. The molecule has 94 valence electrons. The van der Waals surface area contributed by atoms with E-state index in [1.165, 1.54) is 0 Å². The second-order valence-corrected chi connectivity index (χ2v) is 4.51. The molecule has 0 spiro atoms. The Morgan fingerprint density at radius 3 is 3.00 bits per heavy atom. The van der Waals surface area contributed by atoms with E-state index in [9.17, 15) is 9.59 Å². The number of hydrogen-bond acceptors (Lipinski definition) is 4. The van der Waals surface area contributed by atoms with Gasteiger partial charge in [-0.1, -0.05) is 12.2 Å². The summed E-state index contributed by atoms with van der Waals surface area (Å²) in [6, 6.07) is 0. The summed E-state index contributed by atoms with van der Waals surface area (Å²) in [5, 5.41) is 0. The fourth-order valence-corrected chi connectivity index (χ4v) is 2.09. The van der Waals surface area contributed by atoms with Crippen molar-refractivity contribution >= 4 is 27.9 Å². The summed E-state index contributed by atoms with van der Waals surface area (Å²) in [6.45, 7) is 5.67. The molecule has 1 rings (SSSR count). The van der Waals surface area contributed by atoms with Gasteiger partial charge in [-0.2, -0.15) is 0 Å². The lowest BCUT2D eigenvalue weighted by atomic mass is 9.98. The maximum absolute atomic E-state index is 11.4. The number of carbonyl (C=O) groups excluding carboxylic acids is 2. The standard InChI is InChI=1S/C12H15BrO4/c1-3-5-10-8(7-11(14)17-10)6-9(13)12(15)16-4-2/h3,6,8,10H,1,4-5,7H2,2H3/b9-6-/t8-,10+/m1/s1. The maximum atomic E-state index is 11.4. The van der Waals surface area contributed by atoms with Gasteiger partial charge in [0, 0.05) is 12.3 Å². The van der Waals surface area contributed by atoms with Crippen molar-refractivity contribution in [2.24, 2.45) is 5.92 Å². The third-order valence-corrected chi connectivity index (χ3v) is 2.98. The van der Waals surface area contributed by atoms with E-state index in [-0.39, 0.29) is 24.4 Å². The number of rotatable bonds is 5. The van der Waals surface area contributed by atoms with Gasteiger partial charge in [-0.15, -0.1) is 6.58 Å². The predicted octanol–water partition coefficient (Wildman–Crippen LogP) is 2.34. The van der Waals surface area contributed by atoms with Crippen LogP contribution >= 0.6 is 15.9 Å². The van der Waals surface area contributed by atoms with Crippen LogP contribution in [0.1, 0.15) is 19.8 Å². The van der Waals surface area contributed by atoms with Crippen LogP contribution in [0.15, 0.2) is 23.2 Å². The quantitative estimate of drug-likeness (QED) is 0.444. The van der Waals surface area contributed by atoms with E-state index in [0.717, 1.165) is 0 Å². The van der Waals surface area contributed by atoms with Gasteiger partial charge in [0.25, 0.3) is 0 Å². The summed E-state index contributed by atoms with van der Waals surface area (Å²) in [5.74, 6) is -0.786. The molecular weight excluding hydrogens is 288 g/mol. The zero-order valence-corrected chi connectivity index (χ0v) is 11.2. The van der Waals surface area contributed by atoms with E-state index in [1.807, 2.05) is 0 Å². The van der Waals surface area contributed by atoms with Crippen molar-refractivity contribution in [3.63, 3.8) is 0 Å². The molecule has 0 aliphatic carbocycles. The average Bonchev–Trinajstić information content (AvgIpc) is 2.60. The Bertz CT molecular complexity index is 348. The Labute approximate surface area is 109 Å². The first-order valence-corrected chi connectivity index (χ1v) is 6.22.